The molecule has 0 atom stereocenters. The zero-order valence-electron chi connectivity index (χ0n) is 21.8. The molecule has 1 aromatic heterocycles. The van der Waals surface area contributed by atoms with Crippen molar-refractivity contribution >= 4 is 23.3 Å². The molecule has 3 aromatic rings. The maximum absolute atomic E-state index is 13.8. The second-order valence-electron chi connectivity index (χ2n) is 9.33. The predicted molar refractivity (Wildman–Crippen MR) is 143 cm³/mol. The van der Waals surface area contributed by atoms with E-state index < -0.39 is 46.3 Å². The summed E-state index contributed by atoms with van der Waals surface area (Å²) in [5.41, 5.74) is 1.87. The van der Waals surface area contributed by atoms with Gasteiger partial charge in [0.1, 0.15) is 11.5 Å². The largest absolute Gasteiger partial charge is 0.416 e. The molecule has 0 unspecified atom stereocenters. The maximum Gasteiger partial charge on any atom is 0.416 e. The summed E-state index contributed by atoms with van der Waals surface area (Å²) in [6, 6.07) is 11.3. The summed E-state index contributed by atoms with van der Waals surface area (Å²) in [6.07, 6.45) is -4.37. The quantitative estimate of drug-likeness (QED) is 0.314. The van der Waals surface area contributed by atoms with E-state index >= 15 is 0 Å². The topological polar surface area (TPSA) is 162 Å². The van der Waals surface area contributed by atoms with Crippen molar-refractivity contribution in [2.24, 2.45) is 11.7 Å². The molecule has 40 heavy (non-hydrogen) atoms. The van der Waals surface area contributed by atoms with Gasteiger partial charge < -0.3 is 5.73 Å². The molecule has 0 aliphatic rings. The van der Waals surface area contributed by atoms with Gasteiger partial charge in [0.25, 0.3) is 11.5 Å². The Morgan fingerprint density at radius 2 is 1.75 bits per heavy atom. The first kappa shape index (κ1) is 29.6. The van der Waals surface area contributed by atoms with Gasteiger partial charge in [0.15, 0.2) is 5.84 Å². The maximum atomic E-state index is 13.8. The zero-order valence-corrected chi connectivity index (χ0v) is 21.8. The fourth-order valence-electron chi connectivity index (χ4n) is 3.98. The van der Waals surface area contributed by atoms with Crippen molar-refractivity contribution in [3.8, 4) is 11.8 Å². The fourth-order valence-corrected chi connectivity index (χ4v) is 3.98. The molecule has 4 N–H and O–H groups in total. The normalized spacial score (nSPS) is 11.2. The van der Waals surface area contributed by atoms with Gasteiger partial charge in [-0.3, -0.25) is 34.4 Å². The van der Waals surface area contributed by atoms with Crippen LogP contribution in [0.2, 0.25) is 0 Å². The van der Waals surface area contributed by atoms with Crippen LogP contribution in [0.1, 0.15) is 42.7 Å². The van der Waals surface area contributed by atoms with Crippen LogP contribution >= 0.6 is 0 Å². The molecule has 0 fully saturated rings. The number of primary amides is 1. The van der Waals surface area contributed by atoms with E-state index in [1.807, 2.05) is 19.9 Å². The minimum absolute atomic E-state index is 0.0371. The van der Waals surface area contributed by atoms with Crippen molar-refractivity contribution in [3.05, 3.63) is 91.8 Å². The van der Waals surface area contributed by atoms with Gasteiger partial charge in [-0.1, -0.05) is 19.9 Å². The number of carbonyl (C=O) groups excluding carboxylic acids is 1. The monoisotopic (exact) mass is 553 g/mol. The van der Waals surface area contributed by atoms with Gasteiger partial charge in [0, 0.05) is 12.1 Å². The molecule has 0 saturated carbocycles. The number of benzene rings is 2. The molecule has 0 aliphatic carbocycles. The van der Waals surface area contributed by atoms with Crippen LogP contribution in [0, 0.1) is 35.0 Å². The minimum Gasteiger partial charge on any atom is -0.363 e. The molecule has 13 heteroatoms. The number of nitrogens with one attached hydrogen (secondary N) is 2. The standard InChI is InChI=1S/C27H26F3N7O3/c1-15(2)11-12-35-25(39)21(16(3)36(26(35)40)20-6-4-5-19(13-20)27(28,29)30)37(23(33)24(34)38)22(32)18-9-7-17(14-31)8-10-18/h4-10,13,15,32-33H,11-12H2,1-3H3,(H2,34,38). The Labute approximate surface area is 226 Å². The first-order valence-electron chi connectivity index (χ1n) is 12.0. The minimum atomic E-state index is -4.72. The number of hydrogen-bond donors (Lipinski definition) is 3. The summed E-state index contributed by atoms with van der Waals surface area (Å²) >= 11 is 0. The lowest BCUT2D eigenvalue weighted by Gasteiger charge is -2.27. The Morgan fingerprint density at radius 3 is 2.27 bits per heavy atom. The van der Waals surface area contributed by atoms with Crippen molar-refractivity contribution in [3.63, 3.8) is 0 Å². The molecule has 0 aliphatic heterocycles. The number of alkyl halides is 3. The number of aromatic nitrogens is 2. The van der Waals surface area contributed by atoms with Gasteiger partial charge >= 0.3 is 11.9 Å². The van der Waals surface area contributed by atoms with E-state index in [9.17, 15) is 27.6 Å². The number of amides is 1. The third-order valence-corrected chi connectivity index (χ3v) is 6.10. The van der Waals surface area contributed by atoms with Gasteiger partial charge in [0.2, 0.25) is 0 Å². The van der Waals surface area contributed by atoms with Gasteiger partial charge in [-0.2, -0.15) is 18.4 Å². The molecule has 2 aromatic carbocycles. The summed E-state index contributed by atoms with van der Waals surface area (Å²) in [7, 11) is 0. The molecular formula is C27H26F3N7O3. The highest BCUT2D eigenvalue weighted by Crippen LogP contribution is 2.31. The van der Waals surface area contributed by atoms with Crippen LogP contribution in [0.5, 0.6) is 0 Å². The summed E-state index contributed by atoms with van der Waals surface area (Å²) in [5, 5.41) is 26.2. The summed E-state index contributed by atoms with van der Waals surface area (Å²) in [6.45, 7) is 4.84. The average Bonchev–Trinajstić information content (AvgIpc) is 2.89. The van der Waals surface area contributed by atoms with Crippen LogP contribution in [0.3, 0.4) is 0 Å². The highest BCUT2D eigenvalue weighted by atomic mass is 19.4. The number of nitrogens with two attached hydrogens (primary N) is 1. The molecule has 0 bridgehead atoms. The van der Waals surface area contributed by atoms with E-state index in [-0.39, 0.29) is 35.0 Å². The van der Waals surface area contributed by atoms with Crippen molar-refractivity contribution in [1.82, 2.24) is 9.13 Å². The van der Waals surface area contributed by atoms with E-state index in [2.05, 4.69) is 0 Å². The molecular weight excluding hydrogens is 527 g/mol. The lowest BCUT2D eigenvalue weighted by atomic mass is 10.1. The highest BCUT2D eigenvalue weighted by Gasteiger charge is 2.33. The Balaban J connectivity index is 2.42. The van der Waals surface area contributed by atoms with Gasteiger partial charge in [-0.25, -0.2) is 4.79 Å². The SMILES string of the molecule is Cc1c(N(C(=N)C(N)=O)C(=N)c2ccc(C#N)cc2)c(=O)n(CCC(C)C)c(=O)n1-c1cccc(C(F)(F)F)c1. The third kappa shape index (κ3) is 5.85. The van der Waals surface area contributed by atoms with Crippen LogP contribution in [-0.2, 0) is 17.5 Å². The number of amidine groups is 2. The van der Waals surface area contributed by atoms with Crippen LogP contribution in [0.15, 0.2) is 58.1 Å². The first-order valence-corrected chi connectivity index (χ1v) is 12.0. The molecule has 0 saturated heterocycles. The van der Waals surface area contributed by atoms with E-state index in [0.29, 0.717) is 11.3 Å². The number of anilines is 1. The Kier molecular flexibility index (Phi) is 8.43. The third-order valence-electron chi connectivity index (χ3n) is 6.10. The Hall–Kier alpha value is -4.99. The van der Waals surface area contributed by atoms with E-state index in [4.69, 9.17) is 21.8 Å². The summed E-state index contributed by atoms with van der Waals surface area (Å²) in [4.78, 5) is 40.2. The lowest BCUT2D eigenvalue weighted by Crippen LogP contribution is -2.50. The smallest absolute Gasteiger partial charge is 0.363 e. The van der Waals surface area contributed by atoms with E-state index in [0.717, 1.165) is 27.3 Å². The van der Waals surface area contributed by atoms with Gasteiger partial charge in [-0.05, 0) is 61.7 Å². The van der Waals surface area contributed by atoms with Crippen LogP contribution in [0.4, 0.5) is 18.9 Å². The zero-order chi connectivity index (χ0) is 29.9. The fraction of sp³-hybridized carbons (Fsp3) is 0.259. The lowest BCUT2D eigenvalue weighted by molar-refractivity contribution is -0.137. The molecule has 0 radical (unpaired) electrons. The molecule has 10 nitrogen and oxygen atoms in total. The van der Waals surface area contributed by atoms with Gasteiger partial charge in [-0.15, -0.1) is 0 Å². The summed E-state index contributed by atoms with van der Waals surface area (Å²) < 4.78 is 42.2. The number of hydrogen-bond acceptors (Lipinski definition) is 6. The molecule has 1 heterocycles. The van der Waals surface area contributed by atoms with E-state index in [1.54, 1.807) is 0 Å². The Morgan fingerprint density at radius 1 is 1.12 bits per heavy atom. The second kappa shape index (κ2) is 11.4. The average molecular weight is 554 g/mol. The van der Waals surface area contributed by atoms with Crippen molar-refractivity contribution in [1.29, 1.82) is 16.1 Å². The molecule has 0 spiro atoms. The number of halogens is 3. The summed E-state index contributed by atoms with van der Waals surface area (Å²) in [5.74, 6) is -2.81. The van der Waals surface area contributed by atoms with Crippen molar-refractivity contribution < 1.29 is 18.0 Å². The molecule has 1 amide bonds. The van der Waals surface area contributed by atoms with Crippen LogP contribution in [-0.4, -0.2) is 26.7 Å². The number of nitriles is 1. The van der Waals surface area contributed by atoms with Crippen LogP contribution < -0.4 is 21.9 Å². The Bertz CT molecular complexity index is 1650. The van der Waals surface area contributed by atoms with Gasteiger partial charge in [0.05, 0.1) is 28.6 Å². The number of nitrogens with zero attached hydrogens (tertiary/aromatic N) is 4. The van der Waals surface area contributed by atoms with E-state index in [1.165, 1.54) is 37.3 Å². The number of carbonyl (C=O) groups is 1. The number of rotatable bonds is 6. The highest BCUT2D eigenvalue weighted by molar-refractivity contribution is 6.47. The van der Waals surface area contributed by atoms with Crippen molar-refractivity contribution in [2.75, 3.05) is 4.90 Å². The molecule has 3 rings (SSSR count). The second-order valence-corrected chi connectivity index (χ2v) is 9.33. The molecule has 208 valence electrons. The van der Waals surface area contributed by atoms with Crippen LogP contribution in [0.25, 0.3) is 5.69 Å². The first-order chi connectivity index (χ1) is 18.7. The predicted octanol–water partition coefficient (Wildman–Crippen LogP) is 3.54. The van der Waals surface area contributed by atoms with Crippen molar-refractivity contribution in [2.45, 2.75) is 39.9 Å².